The first-order valence-electron chi connectivity index (χ1n) is 16.9. The van der Waals surface area contributed by atoms with Crippen molar-refractivity contribution >= 4 is 89.9 Å². The van der Waals surface area contributed by atoms with Gasteiger partial charge in [0, 0.05) is 9.79 Å². The normalized spacial score (nSPS) is 12.0. The predicted octanol–water partition coefficient (Wildman–Crippen LogP) is 8.88. The van der Waals surface area contributed by atoms with Gasteiger partial charge in [0.25, 0.3) is 22.2 Å². The lowest BCUT2D eigenvalue weighted by Gasteiger charge is -2.10. The summed E-state index contributed by atoms with van der Waals surface area (Å²) in [6.07, 6.45) is 0. The summed E-state index contributed by atoms with van der Waals surface area (Å²) in [7, 11) is 0. The lowest BCUT2D eigenvalue weighted by Crippen LogP contribution is -2.25. The Kier molecular flexibility index (Phi) is 7.07. The fraction of sp³-hybridized carbons (Fsp3) is 0.0909. The van der Waals surface area contributed by atoms with Crippen LogP contribution in [0.2, 0.25) is 0 Å². The monoisotopic (exact) mass is 714 g/mol. The van der Waals surface area contributed by atoms with Gasteiger partial charge in [-0.1, -0.05) is 24.3 Å². The van der Waals surface area contributed by atoms with Crippen molar-refractivity contribution in [2.24, 2.45) is 0 Å². The summed E-state index contributed by atoms with van der Waals surface area (Å²) >= 11 is 8.92. The van der Waals surface area contributed by atoms with Gasteiger partial charge in [-0.15, -0.1) is 25.3 Å². The van der Waals surface area contributed by atoms with E-state index in [-0.39, 0.29) is 22.2 Å². The minimum atomic E-state index is -0.335. The van der Waals surface area contributed by atoms with Crippen molar-refractivity contribution in [2.45, 2.75) is 37.5 Å². The molecule has 0 amide bonds. The maximum Gasteiger partial charge on any atom is 0.266 e. The van der Waals surface area contributed by atoms with Crippen LogP contribution >= 0.6 is 25.3 Å². The van der Waals surface area contributed by atoms with Gasteiger partial charge in [-0.25, -0.2) is 9.13 Å². The van der Waals surface area contributed by atoms with E-state index >= 15 is 0 Å². The minimum absolute atomic E-state index is 0.335. The maximum atomic E-state index is 13.7. The molecule has 0 spiro atoms. The number of thiol groups is 2. The molecule has 2 aromatic heterocycles. The molecule has 252 valence electrons. The fourth-order valence-corrected chi connectivity index (χ4v) is 8.83. The number of fused-ring (bicyclic) bond motifs is 6. The standard InChI is InChI=1S/C44H30N2O4S2/c1-21-9-33(51)10-22(2)39(21)45-41(47)35-17-29-13-25-5-7-27-15-31-19-37-38(44(50)46(43(37)49)40-23(3)11-34(52)12-24(40)4)20-32(31)16-28(27)8-6-26(25)14-30(29)18-36(35)42(45)48/h5-20,51-52H,1-4H3. The van der Waals surface area contributed by atoms with E-state index in [9.17, 15) is 19.2 Å². The molecule has 52 heavy (non-hydrogen) atoms. The van der Waals surface area contributed by atoms with Crippen LogP contribution in [0.1, 0.15) is 22.3 Å². The van der Waals surface area contributed by atoms with Crippen molar-refractivity contribution < 1.29 is 0 Å². The molecule has 9 rings (SSSR count). The van der Waals surface area contributed by atoms with Crippen molar-refractivity contribution in [3.05, 3.63) is 161 Å². The van der Waals surface area contributed by atoms with Crippen LogP contribution in [0.3, 0.4) is 0 Å². The van der Waals surface area contributed by atoms with Crippen molar-refractivity contribution in [1.29, 1.82) is 0 Å². The van der Waals surface area contributed by atoms with Crippen molar-refractivity contribution in [3.8, 4) is 11.4 Å². The largest absolute Gasteiger partial charge is 0.268 e. The van der Waals surface area contributed by atoms with Crippen LogP contribution < -0.4 is 22.2 Å². The zero-order chi connectivity index (χ0) is 36.3. The van der Waals surface area contributed by atoms with Gasteiger partial charge >= 0.3 is 0 Å². The molecule has 9 aromatic rings. The van der Waals surface area contributed by atoms with Crippen LogP contribution in [0, 0.1) is 27.7 Å². The van der Waals surface area contributed by atoms with Gasteiger partial charge in [0.15, 0.2) is 0 Å². The minimum Gasteiger partial charge on any atom is -0.268 e. The average Bonchev–Trinajstić information content (AvgIpc) is 3.45. The number of hydrogen-bond donors (Lipinski definition) is 2. The summed E-state index contributed by atoms with van der Waals surface area (Å²) in [6.45, 7) is 7.53. The number of benzene rings is 6. The van der Waals surface area contributed by atoms with E-state index in [2.05, 4.69) is 25.3 Å². The Hall–Kier alpha value is -5.70. The third-order valence-corrected chi connectivity index (χ3v) is 10.9. The highest BCUT2D eigenvalue weighted by molar-refractivity contribution is 7.80. The highest BCUT2D eigenvalue weighted by Crippen LogP contribution is 2.30. The third-order valence-electron chi connectivity index (χ3n) is 10.4. The second-order valence-corrected chi connectivity index (χ2v) is 14.9. The summed E-state index contributed by atoms with van der Waals surface area (Å²) in [4.78, 5) is 56.5. The highest BCUT2D eigenvalue weighted by Gasteiger charge is 2.20. The average molecular weight is 715 g/mol. The second kappa shape index (κ2) is 11.4. The van der Waals surface area contributed by atoms with Gasteiger partial charge in [-0.05, 0) is 166 Å². The molecular weight excluding hydrogens is 685 g/mol. The van der Waals surface area contributed by atoms with Gasteiger partial charge in [0.2, 0.25) is 0 Å². The molecule has 2 heterocycles. The molecule has 8 heteroatoms. The number of aryl methyl sites for hydroxylation is 4. The van der Waals surface area contributed by atoms with Gasteiger partial charge in [-0.3, -0.25) is 19.2 Å². The molecular formula is C44H30N2O4S2. The summed E-state index contributed by atoms with van der Waals surface area (Å²) in [5, 5.41) is 8.81. The molecule has 0 aliphatic heterocycles. The van der Waals surface area contributed by atoms with Gasteiger partial charge in [-0.2, -0.15) is 0 Å². The number of rotatable bonds is 2. The summed E-state index contributed by atoms with van der Waals surface area (Å²) in [5.74, 6) is 0. The Morgan fingerprint density at radius 1 is 0.346 bits per heavy atom. The first kappa shape index (κ1) is 32.2. The van der Waals surface area contributed by atoms with E-state index < -0.39 is 0 Å². The summed E-state index contributed by atoms with van der Waals surface area (Å²) < 4.78 is 2.57. The topological polar surface area (TPSA) is 78.1 Å². The first-order chi connectivity index (χ1) is 24.9. The van der Waals surface area contributed by atoms with Crippen molar-refractivity contribution in [2.75, 3.05) is 0 Å². The van der Waals surface area contributed by atoms with E-state index in [0.717, 1.165) is 75.1 Å². The number of nitrogens with zero attached hydrogens (tertiary/aromatic N) is 2. The van der Waals surface area contributed by atoms with Gasteiger partial charge in [0.05, 0.1) is 32.9 Å². The van der Waals surface area contributed by atoms with E-state index in [4.69, 9.17) is 0 Å². The predicted molar refractivity (Wildman–Crippen MR) is 220 cm³/mol. The molecule has 0 atom stereocenters. The Bertz CT molecular complexity index is 2910. The molecule has 0 unspecified atom stereocenters. The molecule has 0 saturated heterocycles. The lowest BCUT2D eigenvalue weighted by molar-refractivity contribution is 0.959. The van der Waals surface area contributed by atoms with E-state index in [1.54, 1.807) is 0 Å². The molecule has 0 aliphatic rings. The van der Waals surface area contributed by atoms with Crippen LogP contribution in [0.4, 0.5) is 0 Å². The smallest absolute Gasteiger partial charge is 0.266 e. The van der Waals surface area contributed by atoms with E-state index in [1.807, 2.05) is 125 Å². The quantitative estimate of drug-likeness (QED) is 0.176. The van der Waals surface area contributed by atoms with Crippen LogP contribution in [0.5, 0.6) is 0 Å². The zero-order valence-corrected chi connectivity index (χ0v) is 30.4. The highest BCUT2D eigenvalue weighted by atomic mass is 32.1. The summed E-state index contributed by atoms with van der Waals surface area (Å²) in [5.41, 5.74) is 3.10. The SMILES string of the molecule is Cc1cc(S)cc(C)c1-n1c(=O)c2cc3cc4ccc5cc6cc7c(=O)n(-c8c(C)cc(S)cc8C)c(=O)c7cc6cc5ccc4cc3cc2c1=O. The van der Waals surface area contributed by atoms with Crippen LogP contribution in [-0.2, 0) is 0 Å². The van der Waals surface area contributed by atoms with Gasteiger partial charge < -0.3 is 0 Å². The first-order valence-corrected chi connectivity index (χ1v) is 17.7. The molecule has 7 aromatic carbocycles. The van der Waals surface area contributed by atoms with Crippen LogP contribution in [0.15, 0.2) is 126 Å². The lowest BCUT2D eigenvalue weighted by atomic mass is 9.99. The van der Waals surface area contributed by atoms with Crippen LogP contribution in [-0.4, -0.2) is 9.13 Å². The Balaban J connectivity index is 1.22. The Labute approximate surface area is 307 Å². The second-order valence-electron chi connectivity index (χ2n) is 13.9. The number of hydrogen-bond acceptors (Lipinski definition) is 6. The molecule has 0 aliphatic carbocycles. The molecule has 0 fully saturated rings. The zero-order valence-electron chi connectivity index (χ0n) is 28.7. The molecule has 0 radical (unpaired) electrons. The molecule has 0 saturated carbocycles. The molecule has 6 nitrogen and oxygen atoms in total. The maximum absolute atomic E-state index is 13.7. The van der Waals surface area contributed by atoms with Crippen molar-refractivity contribution in [1.82, 2.24) is 9.13 Å². The Morgan fingerprint density at radius 2 is 0.577 bits per heavy atom. The number of aromatic nitrogens is 2. The van der Waals surface area contributed by atoms with E-state index in [1.165, 1.54) is 9.13 Å². The van der Waals surface area contributed by atoms with E-state index in [0.29, 0.717) is 32.9 Å². The fourth-order valence-electron chi connectivity index (χ4n) is 8.06. The van der Waals surface area contributed by atoms with Crippen LogP contribution in [0.25, 0.3) is 76.0 Å². The summed E-state index contributed by atoms with van der Waals surface area (Å²) in [6, 6.07) is 31.0. The Morgan fingerprint density at radius 3 is 0.808 bits per heavy atom. The molecule has 0 bridgehead atoms. The molecule has 0 N–H and O–H groups in total. The third kappa shape index (κ3) is 4.75. The van der Waals surface area contributed by atoms with Crippen molar-refractivity contribution in [3.63, 3.8) is 0 Å². The van der Waals surface area contributed by atoms with Gasteiger partial charge in [0.1, 0.15) is 0 Å².